The van der Waals surface area contributed by atoms with E-state index < -0.39 is 12.2 Å². The Morgan fingerprint density at radius 2 is 1.53 bits per heavy atom. The lowest BCUT2D eigenvalue weighted by Gasteiger charge is -2.13. The van der Waals surface area contributed by atoms with E-state index in [1.54, 1.807) is 0 Å². The molecule has 0 aliphatic rings. The summed E-state index contributed by atoms with van der Waals surface area (Å²) in [4.78, 5) is 0. The highest BCUT2D eigenvalue weighted by molar-refractivity contribution is 6.08. The lowest BCUT2D eigenvalue weighted by Crippen LogP contribution is -2.24. The van der Waals surface area contributed by atoms with E-state index in [9.17, 15) is 10.2 Å². The lowest BCUT2D eigenvalue weighted by molar-refractivity contribution is -0.106. The third kappa shape index (κ3) is 12.1. The van der Waals surface area contributed by atoms with Gasteiger partial charge in [-0.3, -0.25) is 0 Å². The van der Waals surface area contributed by atoms with Crippen molar-refractivity contribution >= 4 is 15.9 Å². The molecule has 2 N–H and O–H groups in total. The molecule has 17 heavy (non-hydrogen) atoms. The number of hydrogen-bond donors (Lipinski definition) is 2. The smallest absolute Gasteiger partial charge is 0.282 e. The van der Waals surface area contributed by atoms with Gasteiger partial charge in [0.2, 0.25) is 0 Å². The molecule has 4 radical (unpaired) electrons. The Labute approximate surface area is 104 Å². The van der Waals surface area contributed by atoms with Gasteiger partial charge in [-0.25, -0.2) is 0 Å². The van der Waals surface area contributed by atoms with Gasteiger partial charge in [0.25, 0.3) is 8.05 Å². The summed E-state index contributed by atoms with van der Waals surface area (Å²) >= 11 is 0. The van der Waals surface area contributed by atoms with E-state index in [4.69, 9.17) is 30.1 Å². The highest BCUT2D eigenvalue weighted by Crippen LogP contribution is 1.94. The van der Waals surface area contributed by atoms with Crippen molar-refractivity contribution in [1.29, 1.82) is 0 Å². The first-order valence-corrected chi connectivity index (χ1v) is 5.31. The predicted molar refractivity (Wildman–Crippen MR) is 61.7 cm³/mol. The van der Waals surface area contributed by atoms with Gasteiger partial charge < -0.3 is 29.1 Å². The molecule has 0 spiro atoms. The van der Waals surface area contributed by atoms with Gasteiger partial charge in [0, 0.05) is 13.1 Å². The molecule has 0 amide bonds. The molecular weight excluding hydrogens is 226 g/mol. The summed E-state index contributed by atoms with van der Waals surface area (Å²) in [6.45, 7) is 0.636. The maximum absolute atomic E-state index is 9.31. The first-order valence-electron chi connectivity index (χ1n) is 5.31. The van der Waals surface area contributed by atoms with E-state index in [2.05, 4.69) is 4.65 Å². The Morgan fingerprint density at radius 1 is 0.941 bits per heavy atom. The Hall–Kier alpha value is -0.110. The third-order valence-electron chi connectivity index (χ3n) is 1.78. The van der Waals surface area contributed by atoms with Crippen molar-refractivity contribution < 1.29 is 29.1 Å². The Morgan fingerprint density at radius 3 is 2.12 bits per heavy atom. The number of aliphatic hydroxyl groups excluding tert-OH is 2. The van der Waals surface area contributed by atoms with Crippen LogP contribution in [-0.4, -0.2) is 78.0 Å². The summed E-state index contributed by atoms with van der Waals surface area (Å²) in [5, 5.41) is 18.6. The molecule has 8 heteroatoms. The van der Waals surface area contributed by atoms with Crippen LogP contribution in [0, 0.1) is 0 Å². The van der Waals surface area contributed by atoms with Gasteiger partial charge in [0.05, 0.1) is 25.9 Å². The van der Waals surface area contributed by atoms with Crippen LogP contribution in [0.3, 0.4) is 0 Å². The van der Waals surface area contributed by atoms with Crippen molar-refractivity contribution in [1.82, 2.24) is 0 Å². The van der Waals surface area contributed by atoms with Crippen LogP contribution in [0.4, 0.5) is 0 Å². The summed E-state index contributed by atoms with van der Waals surface area (Å²) < 4.78 is 19.1. The van der Waals surface area contributed by atoms with Crippen LogP contribution in [0.15, 0.2) is 0 Å². The third-order valence-corrected chi connectivity index (χ3v) is 1.78. The molecule has 6 nitrogen and oxygen atoms in total. The minimum absolute atomic E-state index is 0.0137. The van der Waals surface area contributed by atoms with Crippen molar-refractivity contribution in [2.45, 2.75) is 18.6 Å². The van der Waals surface area contributed by atoms with Crippen molar-refractivity contribution in [2.75, 3.05) is 39.7 Å². The zero-order valence-electron chi connectivity index (χ0n) is 9.79. The average molecular weight is 244 g/mol. The first-order chi connectivity index (χ1) is 8.20. The number of rotatable bonds is 12. The van der Waals surface area contributed by atoms with Crippen LogP contribution < -0.4 is 0 Å². The summed E-state index contributed by atoms with van der Waals surface area (Å²) in [6, 6.07) is 0. The maximum atomic E-state index is 9.31. The molecule has 0 aromatic heterocycles. The molecule has 0 aliphatic heterocycles. The summed E-state index contributed by atoms with van der Waals surface area (Å²) in [5.41, 5.74) is 0. The summed E-state index contributed by atoms with van der Waals surface area (Å²) in [5.74, 6) is 0. The van der Waals surface area contributed by atoms with Crippen LogP contribution in [0.25, 0.3) is 0 Å². The SMILES string of the molecule is [B]COCC(O)COCOCC(O)CCO[B]. The molecule has 0 saturated heterocycles. The highest BCUT2D eigenvalue weighted by atomic mass is 16.7. The fraction of sp³-hybridized carbons (Fsp3) is 1.00. The molecule has 2 unspecified atom stereocenters. The van der Waals surface area contributed by atoms with Crippen LogP contribution in [0.1, 0.15) is 6.42 Å². The van der Waals surface area contributed by atoms with Crippen LogP contribution in [0.5, 0.6) is 0 Å². The minimum atomic E-state index is -0.738. The highest BCUT2D eigenvalue weighted by Gasteiger charge is 2.05. The largest absolute Gasteiger partial charge is 0.447 e. The lowest BCUT2D eigenvalue weighted by atomic mass is 10.2. The number of ether oxygens (including phenoxy) is 3. The number of aliphatic hydroxyl groups is 2. The normalized spacial score (nSPS) is 14.7. The number of hydrogen-bond acceptors (Lipinski definition) is 6. The molecule has 0 rings (SSSR count). The molecule has 96 valence electrons. The Kier molecular flexibility index (Phi) is 12.3. The van der Waals surface area contributed by atoms with E-state index in [1.807, 2.05) is 0 Å². The Bertz CT molecular complexity index is 146. The van der Waals surface area contributed by atoms with Crippen molar-refractivity contribution in [3.05, 3.63) is 0 Å². The van der Waals surface area contributed by atoms with E-state index in [-0.39, 0.29) is 39.7 Å². The maximum Gasteiger partial charge on any atom is 0.282 e. The molecule has 0 aliphatic carbocycles. The van der Waals surface area contributed by atoms with E-state index in [0.717, 1.165) is 0 Å². The monoisotopic (exact) mass is 244 g/mol. The first kappa shape index (κ1) is 16.9. The van der Waals surface area contributed by atoms with Gasteiger partial charge in [-0.05, 0) is 6.42 Å². The quantitative estimate of drug-likeness (QED) is 0.243. The van der Waals surface area contributed by atoms with Crippen LogP contribution in [0.2, 0.25) is 0 Å². The van der Waals surface area contributed by atoms with E-state index >= 15 is 0 Å². The van der Waals surface area contributed by atoms with Crippen molar-refractivity contribution in [2.24, 2.45) is 0 Å². The van der Waals surface area contributed by atoms with E-state index in [1.165, 1.54) is 0 Å². The average Bonchev–Trinajstić information content (AvgIpc) is 2.33. The predicted octanol–water partition coefficient (Wildman–Crippen LogP) is -1.67. The van der Waals surface area contributed by atoms with Gasteiger partial charge in [0.1, 0.15) is 20.7 Å². The zero-order valence-corrected chi connectivity index (χ0v) is 9.79. The Balaban J connectivity index is 3.22. The fourth-order valence-electron chi connectivity index (χ4n) is 0.967. The molecule has 0 heterocycles. The van der Waals surface area contributed by atoms with Crippen LogP contribution >= 0.6 is 0 Å². The molecule has 0 aromatic carbocycles. The fourth-order valence-corrected chi connectivity index (χ4v) is 0.967. The summed E-state index contributed by atoms with van der Waals surface area (Å²) in [7, 11) is 9.88. The van der Waals surface area contributed by atoms with Gasteiger partial charge in [-0.2, -0.15) is 0 Å². The molecule has 0 bridgehead atoms. The van der Waals surface area contributed by atoms with Gasteiger partial charge in [-0.15, -0.1) is 0 Å². The second-order valence-electron chi connectivity index (χ2n) is 3.36. The van der Waals surface area contributed by atoms with E-state index in [0.29, 0.717) is 6.42 Å². The minimum Gasteiger partial charge on any atom is -0.447 e. The molecule has 0 saturated carbocycles. The van der Waals surface area contributed by atoms with Gasteiger partial charge >= 0.3 is 0 Å². The second kappa shape index (κ2) is 12.3. The molecular formula is C9H18B2O6. The van der Waals surface area contributed by atoms with Crippen molar-refractivity contribution in [3.63, 3.8) is 0 Å². The molecule has 0 fully saturated rings. The van der Waals surface area contributed by atoms with Crippen molar-refractivity contribution in [3.8, 4) is 0 Å². The molecule has 2 atom stereocenters. The standard InChI is InChI=1S/C9H18B2O6/c10-6-14-4-9(13)5-16-7-15-3-8(12)1-2-17-11/h8-9,12-13H,1-7H2. The topological polar surface area (TPSA) is 77.4 Å². The van der Waals surface area contributed by atoms with Crippen LogP contribution in [-0.2, 0) is 18.9 Å². The summed E-state index contributed by atoms with van der Waals surface area (Å²) in [6.07, 6.45) is -0.992. The van der Waals surface area contributed by atoms with Gasteiger partial charge in [0.15, 0.2) is 0 Å². The van der Waals surface area contributed by atoms with Gasteiger partial charge in [-0.1, -0.05) is 0 Å². The zero-order chi connectivity index (χ0) is 12.9. The molecule has 0 aromatic rings. The second-order valence-corrected chi connectivity index (χ2v) is 3.36.